The second-order valence-electron chi connectivity index (χ2n) is 6.52. The largest absolute Gasteiger partial charge is 0.459 e. The molecule has 26 heavy (non-hydrogen) atoms. The summed E-state index contributed by atoms with van der Waals surface area (Å²) < 4.78 is 44.7. The van der Waals surface area contributed by atoms with E-state index in [0.29, 0.717) is 24.3 Å². The fourth-order valence-electron chi connectivity index (χ4n) is 3.59. The Morgan fingerprint density at radius 1 is 1.23 bits per heavy atom. The van der Waals surface area contributed by atoms with Crippen molar-refractivity contribution in [2.24, 2.45) is 0 Å². The molecule has 2 aliphatic rings. The summed E-state index contributed by atoms with van der Waals surface area (Å²) >= 11 is 1.32. The van der Waals surface area contributed by atoms with E-state index in [4.69, 9.17) is 13.9 Å². The lowest BCUT2D eigenvalue weighted by Crippen LogP contribution is -2.26. The number of nitrogens with one attached hydrogen (secondary N) is 1. The molecule has 0 radical (unpaired) electrons. The van der Waals surface area contributed by atoms with Crippen molar-refractivity contribution < 1.29 is 27.5 Å². The summed E-state index contributed by atoms with van der Waals surface area (Å²) in [5.74, 6) is -2.07. The number of ether oxygens (including phenoxy) is 2. The monoisotopic (exact) mass is 383 g/mol. The van der Waals surface area contributed by atoms with E-state index in [2.05, 4.69) is 5.32 Å². The van der Waals surface area contributed by atoms with Gasteiger partial charge in [-0.25, -0.2) is 4.39 Å². The van der Waals surface area contributed by atoms with Crippen LogP contribution in [0.25, 0.3) is 11.0 Å². The van der Waals surface area contributed by atoms with Crippen molar-refractivity contribution in [2.45, 2.75) is 43.8 Å². The Labute approximate surface area is 153 Å². The van der Waals surface area contributed by atoms with Crippen LogP contribution >= 0.6 is 11.8 Å². The molecule has 0 spiro atoms. The number of fused-ring (bicyclic) bond motifs is 1. The topological polar surface area (TPSA) is 60.7 Å². The van der Waals surface area contributed by atoms with Crippen molar-refractivity contribution in [1.82, 2.24) is 0 Å². The Hall–Kier alpha value is -1.64. The molecule has 1 aromatic heterocycles. The van der Waals surface area contributed by atoms with Crippen molar-refractivity contribution in [3.05, 3.63) is 29.5 Å². The Balaban J connectivity index is 1.66. The zero-order valence-electron chi connectivity index (χ0n) is 14.2. The maximum atomic E-state index is 14.4. The van der Waals surface area contributed by atoms with Crippen LogP contribution in [-0.2, 0) is 14.3 Å². The number of carbonyl (C=O) groups excluding carboxylic acids is 1. The zero-order chi connectivity index (χ0) is 18.3. The van der Waals surface area contributed by atoms with E-state index in [1.807, 2.05) is 0 Å². The Bertz CT molecular complexity index is 834. The van der Waals surface area contributed by atoms with Crippen molar-refractivity contribution >= 4 is 33.5 Å². The van der Waals surface area contributed by atoms with Crippen LogP contribution < -0.4 is 5.32 Å². The normalized spacial score (nSPS) is 23.8. The summed E-state index contributed by atoms with van der Waals surface area (Å²) in [6.07, 6.45) is 3.33. The van der Waals surface area contributed by atoms with E-state index in [1.54, 1.807) is 6.92 Å². The zero-order valence-corrected chi connectivity index (χ0v) is 15.0. The van der Waals surface area contributed by atoms with Gasteiger partial charge in [0, 0.05) is 29.2 Å². The highest BCUT2D eigenvalue weighted by molar-refractivity contribution is 8.14. The van der Waals surface area contributed by atoms with Gasteiger partial charge in [-0.15, -0.1) is 0 Å². The fraction of sp³-hybridized carbons (Fsp3) is 0.500. The molecule has 2 fully saturated rings. The lowest BCUT2D eigenvalue weighted by Gasteiger charge is -2.20. The van der Waals surface area contributed by atoms with Gasteiger partial charge in [-0.05, 0) is 18.9 Å². The SMILES string of the molecule is CC(=O)S[C@H]1CCC[C@H]1Nc1coc2c(F)c(F)c(C3OCCO3)cc12. The highest BCUT2D eigenvalue weighted by Gasteiger charge is 2.31. The first-order valence-corrected chi connectivity index (χ1v) is 9.48. The van der Waals surface area contributed by atoms with E-state index in [9.17, 15) is 13.6 Å². The molecule has 8 heteroatoms. The van der Waals surface area contributed by atoms with Crippen LogP contribution in [0.4, 0.5) is 14.5 Å². The number of anilines is 1. The smallest absolute Gasteiger partial charge is 0.202 e. The molecule has 1 saturated heterocycles. The minimum atomic E-state index is -1.05. The van der Waals surface area contributed by atoms with Gasteiger partial charge in [0.15, 0.2) is 22.8 Å². The van der Waals surface area contributed by atoms with Gasteiger partial charge < -0.3 is 19.2 Å². The molecule has 1 N–H and O–H groups in total. The summed E-state index contributed by atoms with van der Waals surface area (Å²) in [7, 11) is 0. The van der Waals surface area contributed by atoms with Crippen molar-refractivity contribution in [2.75, 3.05) is 18.5 Å². The van der Waals surface area contributed by atoms with Gasteiger partial charge in [0.2, 0.25) is 5.82 Å². The van der Waals surface area contributed by atoms with E-state index >= 15 is 0 Å². The van der Waals surface area contributed by atoms with Gasteiger partial charge in [-0.1, -0.05) is 18.2 Å². The van der Waals surface area contributed by atoms with E-state index in [0.717, 1.165) is 19.3 Å². The number of hydrogen-bond acceptors (Lipinski definition) is 6. The maximum Gasteiger partial charge on any atom is 0.202 e. The number of carbonyl (C=O) groups is 1. The first-order valence-electron chi connectivity index (χ1n) is 8.60. The molecule has 2 aromatic rings. The summed E-state index contributed by atoms with van der Waals surface area (Å²) in [5.41, 5.74) is 0.470. The Morgan fingerprint density at radius 2 is 2.00 bits per heavy atom. The Morgan fingerprint density at radius 3 is 2.73 bits per heavy atom. The molecule has 140 valence electrons. The number of halogens is 2. The molecule has 1 saturated carbocycles. The van der Waals surface area contributed by atoms with Crippen LogP contribution in [0.2, 0.25) is 0 Å². The van der Waals surface area contributed by atoms with Crippen molar-refractivity contribution in [3.63, 3.8) is 0 Å². The first kappa shape index (κ1) is 17.8. The highest BCUT2D eigenvalue weighted by atomic mass is 32.2. The highest BCUT2D eigenvalue weighted by Crippen LogP contribution is 2.38. The minimum Gasteiger partial charge on any atom is -0.459 e. The summed E-state index contributed by atoms with van der Waals surface area (Å²) in [4.78, 5) is 11.4. The number of rotatable bonds is 4. The van der Waals surface area contributed by atoms with E-state index in [1.165, 1.54) is 24.1 Å². The van der Waals surface area contributed by atoms with E-state index < -0.39 is 17.9 Å². The molecule has 2 heterocycles. The second-order valence-corrected chi connectivity index (χ2v) is 7.94. The third kappa shape index (κ3) is 3.21. The van der Waals surface area contributed by atoms with Crippen LogP contribution in [-0.4, -0.2) is 29.6 Å². The van der Waals surface area contributed by atoms with Gasteiger partial charge in [0.25, 0.3) is 0 Å². The summed E-state index contributed by atoms with van der Waals surface area (Å²) in [5, 5.41) is 4.02. The third-order valence-electron chi connectivity index (χ3n) is 4.76. The molecule has 0 unspecified atom stereocenters. The minimum absolute atomic E-state index is 0.0260. The number of thioether (sulfide) groups is 1. The quantitative estimate of drug-likeness (QED) is 0.846. The maximum absolute atomic E-state index is 14.4. The molecule has 0 amide bonds. The Kier molecular flexibility index (Phi) is 4.90. The molecule has 1 aliphatic carbocycles. The molecule has 5 nitrogen and oxygen atoms in total. The number of hydrogen-bond donors (Lipinski definition) is 1. The fourth-order valence-corrected chi connectivity index (χ4v) is 4.67. The van der Waals surface area contributed by atoms with Gasteiger partial charge in [0.05, 0.1) is 18.9 Å². The molecule has 1 aliphatic heterocycles. The number of furan rings is 1. The molecule has 1 aromatic carbocycles. The molecular formula is C18H19F2NO4S. The van der Waals surface area contributed by atoms with Crippen molar-refractivity contribution in [1.29, 1.82) is 0 Å². The van der Waals surface area contributed by atoms with Gasteiger partial charge >= 0.3 is 0 Å². The lowest BCUT2D eigenvalue weighted by atomic mass is 10.1. The van der Waals surface area contributed by atoms with Crippen LogP contribution in [0.3, 0.4) is 0 Å². The van der Waals surface area contributed by atoms with Crippen LogP contribution in [0, 0.1) is 11.6 Å². The van der Waals surface area contributed by atoms with Gasteiger partial charge in [-0.2, -0.15) is 4.39 Å². The summed E-state index contributed by atoms with van der Waals surface area (Å²) in [6.45, 7) is 2.23. The predicted molar refractivity (Wildman–Crippen MR) is 94.1 cm³/mol. The predicted octanol–water partition coefficient (Wildman–Crippen LogP) is 4.37. The first-order chi connectivity index (χ1) is 12.5. The summed E-state index contributed by atoms with van der Waals surface area (Å²) in [6, 6.07) is 1.58. The van der Waals surface area contributed by atoms with Crippen LogP contribution in [0.1, 0.15) is 38.0 Å². The molecule has 2 atom stereocenters. The van der Waals surface area contributed by atoms with Crippen LogP contribution in [0.5, 0.6) is 0 Å². The molecular weight excluding hydrogens is 364 g/mol. The van der Waals surface area contributed by atoms with E-state index in [-0.39, 0.29) is 27.6 Å². The second kappa shape index (κ2) is 7.17. The van der Waals surface area contributed by atoms with Crippen LogP contribution in [0.15, 0.2) is 16.7 Å². The standard InChI is InChI=1S/C18H19F2NO4S/c1-9(22)26-14-4-2-3-12(14)21-13-8-25-17-10(13)7-11(15(19)16(17)20)18-23-5-6-24-18/h7-8,12,14,18,21H,2-6H2,1H3/t12-,14+/m1/s1. The van der Waals surface area contributed by atoms with Crippen molar-refractivity contribution in [3.8, 4) is 0 Å². The average molecular weight is 383 g/mol. The molecule has 0 bridgehead atoms. The van der Waals surface area contributed by atoms with Gasteiger partial charge in [0.1, 0.15) is 6.26 Å². The number of benzene rings is 1. The molecule has 4 rings (SSSR count). The lowest BCUT2D eigenvalue weighted by molar-refractivity contribution is -0.109. The third-order valence-corrected chi connectivity index (χ3v) is 5.96. The average Bonchev–Trinajstić information content (AvgIpc) is 3.33. The van der Waals surface area contributed by atoms with Gasteiger partial charge in [-0.3, -0.25) is 4.79 Å².